The number of amides is 1. The number of carbonyl (C=O) groups excluding carboxylic acids is 1. The van der Waals surface area contributed by atoms with Gasteiger partial charge in [-0.25, -0.2) is 9.97 Å². The van der Waals surface area contributed by atoms with Crippen molar-refractivity contribution in [3.63, 3.8) is 0 Å². The molecule has 2 aromatic carbocycles. The zero-order valence-electron chi connectivity index (χ0n) is 13.2. The van der Waals surface area contributed by atoms with Crippen LogP contribution in [-0.2, 0) is 0 Å². The van der Waals surface area contributed by atoms with Gasteiger partial charge in [-0.15, -0.1) is 11.3 Å². The quantitative estimate of drug-likeness (QED) is 0.435. The summed E-state index contributed by atoms with van der Waals surface area (Å²) in [6, 6.07) is 18.5. The molecule has 0 aliphatic heterocycles. The van der Waals surface area contributed by atoms with Crippen LogP contribution in [0.3, 0.4) is 0 Å². The van der Waals surface area contributed by atoms with Gasteiger partial charge in [0.1, 0.15) is 15.9 Å². The summed E-state index contributed by atoms with van der Waals surface area (Å²) in [4.78, 5) is 21.1. The Morgan fingerprint density at radius 3 is 2.65 bits per heavy atom. The second-order valence-corrected chi connectivity index (χ2v) is 7.31. The van der Waals surface area contributed by atoms with E-state index >= 15 is 0 Å². The zero-order valence-corrected chi connectivity index (χ0v) is 15.6. The second-order valence-electron chi connectivity index (χ2n) is 5.49. The first-order chi connectivity index (χ1) is 12.6. The van der Waals surface area contributed by atoms with Gasteiger partial charge in [-0.3, -0.25) is 4.79 Å². The first kappa shape index (κ1) is 17.0. The molecule has 1 amide bonds. The first-order valence-corrected chi connectivity index (χ1v) is 9.27. The molecule has 0 radical (unpaired) electrons. The van der Waals surface area contributed by atoms with Crippen molar-refractivity contribution in [1.82, 2.24) is 9.97 Å². The monoisotopic (exact) mass is 399 g/mol. The number of hydrogen-bond acceptors (Lipinski definition) is 4. The molecule has 2 heterocycles. The number of thiazole rings is 1. The zero-order chi connectivity index (χ0) is 18.1. The second kappa shape index (κ2) is 7.03. The van der Waals surface area contributed by atoms with Gasteiger partial charge < -0.3 is 5.32 Å². The van der Waals surface area contributed by atoms with E-state index in [1.807, 2.05) is 42.5 Å². The largest absolute Gasteiger partial charge is 0.321 e. The third-order valence-electron chi connectivity index (χ3n) is 3.69. The summed E-state index contributed by atoms with van der Waals surface area (Å²) < 4.78 is 1.12. The molecule has 0 saturated heterocycles. The molecule has 128 valence electrons. The molecule has 4 nitrogen and oxygen atoms in total. The van der Waals surface area contributed by atoms with Gasteiger partial charge in [0.05, 0.1) is 15.2 Å². The van der Waals surface area contributed by atoms with E-state index in [-0.39, 0.29) is 15.9 Å². The van der Waals surface area contributed by atoms with Crippen LogP contribution in [0, 0.1) is 0 Å². The molecule has 0 spiro atoms. The van der Waals surface area contributed by atoms with E-state index in [1.54, 1.807) is 23.5 Å². The highest BCUT2D eigenvalue weighted by Gasteiger charge is 2.14. The number of para-hydroxylation sites is 1. The number of hydrogen-bond donors (Lipinski definition) is 1. The lowest BCUT2D eigenvalue weighted by Gasteiger charge is -2.07. The summed E-state index contributed by atoms with van der Waals surface area (Å²) in [6.45, 7) is 0. The van der Waals surface area contributed by atoms with E-state index in [9.17, 15) is 4.79 Å². The number of nitrogens with zero attached hydrogens (tertiary/aromatic N) is 2. The Morgan fingerprint density at radius 1 is 0.962 bits per heavy atom. The minimum atomic E-state index is -0.418. The molecular formula is C19H11Cl2N3OS. The Labute approximate surface area is 163 Å². The number of rotatable bonds is 3. The molecule has 7 heteroatoms. The number of fused-ring (bicyclic) bond motifs is 1. The minimum absolute atomic E-state index is 0.0876. The third-order valence-corrected chi connectivity index (χ3v) is 5.29. The van der Waals surface area contributed by atoms with Gasteiger partial charge >= 0.3 is 0 Å². The van der Waals surface area contributed by atoms with Gasteiger partial charge in [0.2, 0.25) is 0 Å². The fourth-order valence-corrected chi connectivity index (χ4v) is 3.79. The van der Waals surface area contributed by atoms with Crippen LogP contribution in [-0.4, -0.2) is 15.9 Å². The van der Waals surface area contributed by atoms with Crippen LogP contribution in [0.1, 0.15) is 10.5 Å². The number of pyridine rings is 1. The summed E-state index contributed by atoms with van der Waals surface area (Å²) in [7, 11) is 0. The molecule has 0 aliphatic carbocycles. The number of carbonyl (C=O) groups is 1. The Kier molecular flexibility index (Phi) is 4.59. The predicted molar refractivity (Wildman–Crippen MR) is 107 cm³/mol. The van der Waals surface area contributed by atoms with E-state index in [4.69, 9.17) is 23.2 Å². The number of nitrogens with one attached hydrogen (secondary N) is 1. The number of benzene rings is 2. The van der Waals surface area contributed by atoms with Crippen molar-refractivity contribution in [2.45, 2.75) is 0 Å². The Balaban J connectivity index is 1.63. The van der Waals surface area contributed by atoms with Crippen molar-refractivity contribution in [3.05, 3.63) is 76.5 Å². The van der Waals surface area contributed by atoms with Crippen molar-refractivity contribution in [3.8, 4) is 10.6 Å². The highest BCUT2D eigenvalue weighted by Crippen LogP contribution is 2.31. The molecule has 0 saturated carbocycles. The molecule has 2 aromatic heterocycles. The highest BCUT2D eigenvalue weighted by atomic mass is 35.5. The standard InChI is InChI=1S/C19H11Cl2N3OS/c20-13-8-9-16(21)24-17(13)18(25)22-12-5-3-4-11(10-12)19-23-14-6-1-2-7-15(14)26-19/h1-10H,(H,22,25). The first-order valence-electron chi connectivity index (χ1n) is 7.69. The third kappa shape index (κ3) is 3.42. The molecular weight excluding hydrogens is 389 g/mol. The maximum atomic E-state index is 12.4. The molecule has 0 fully saturated rings. The lowest BCUT2D eigenvalue weighted by atomic mass is 10.2. The number of anilines is 1. The van der Waals surface area contributed by atoms with Crippen LogP contribution in [0.5, 0.6) is 0 Å². The number of aromatic nitrogens is 2. The Hall–Kier alpha value is -2.47. The van der Waals surface area contributed by atoms with Crippen molar-refractivity contribution in [2.24, 2.45) is 0 Å². The maximum Gasteiger partial charge on any atom is 0.275 e. The summed E-state index contributed by atoms with van der Waals surface area (Å²) in [5, 5.41) is 4.15. The summed E-state index contributed by atoms with van der Waals surface area (Å²) in [6.07, 6.45) is 0. The van der Waals surface area contributed by atoms with Gasteiger partial charge in [-0.2, -0.15) is 0 Å². The van der Waals surface area contributed by atoms with Crippen LogP contribution in [0.4, 0.5) is 5.69 Å². The minimum Gasteiger partial charge on any atom is -0.321 e. The molecule has 0 atom stereocenters. The fraction of sp³-hybridized carbons (Fsp3) is 0. The van der Waals surface area contributed by atoms with Gasteiger partial charge in [-0.05, 0) is 36.4 Å². The molecule has 0 unspecified atom stereocenters. The van der Waals surface area contributed by atoms with E-state index in [1.165, 1.54) is 6.07 Å². The maximum absolute atomic E-state index is 12.4. The Bertz CT molecular complexity index is 1090. The molecule has 26 heavy (non-hydrogen) atoms. The molecule has 4 aromatic rings. The van der Waals surface area contributed by atoms with Gasteiger partial charge in [0.15, 0.2) is 0 Å². The summed E-state index contributed by atoms with van der Waals surface area (Å²) >= 11 is 13.5. The van der Waals surface area contributed by atoms with Crippen LogP contribution >= 0.6 is 34.5 Å². The van der Waals surface area contributed by atoms with Crippen molar-refractivity contribution in [1.29, 1.82) is 0 Å². The smallest absolute Gasteiger partial charge is 0.275 e. The summed E-state index contributed by atoms with van der Waals surface area (Å²) in [5.74, 6) is -0.418. The van der Waals surface area contributed by atoms with Crippen molar-refractivity contribution < 1.29 is 4.79 Å². The van der Waals surface area contributed by atoms with Gasteiger partial charge in [0.25, 0.3) is 5.91 Å². The SMILES string of the molecule is O=C(Nc1cccc(-c2nc3ccccc3s2)c1)c1nc(Cl)ccc1Cl. The molecule has 4 rings (SSSR count). The van der Waals surface area contributed by atoms with Crippen LogP contribution in [0.2, 0.25) is 10.2 Å². The van der Waals surface area contributed by atoms with E-state index < -0.39 is 5.91 Å². The molecule has 0 bridgehead atoms. The lowest BCUT2D eigenvalue weighted by Crippen LogP contribution is -2.14. The summed E-state index contributed by atoms with van der Waals surface area (Å²) in [5.41, 5.74) is 2.60. The molecule has 0 aliphatic rings. The normalized spacial score (nSPS) is 10.8. The fourth-order valence-electron chi connectivity index (χ4n) is 2.49. The van der Waals surface area contributed by atoms with Crippen molar-refractivity contribution >= 4 is 56.3 Å². The van der Waals surface area contributed by atoms with E-state index in [0.717, 1.165) is 20.8 Å². The van der Waals surface area contributed by atoms with Gasteiger partial charge in [0, 0.05) is 11.3 Å². The average molecular weight is 400 g/mol. The van der Waals surface area contributed by atoms with Crippen LogP contribution in [0.25, 0.3) is 20.8 Å². The van der Waals surface area contributed by atoms with E-state index in [2.05, 4.69) is 15.3 Å². The number of halogens is 2. The van der Waals surface area contributed by atoms with E-state index in [0.29, 0.717) is 5.69 Å². The average Bonchev–Trinajstić information content (AvgIpc) is 3.08. The lowest BCUT2D eigenvalue weighted by molar-refractivity contribution is 0.102. The predicted octanol–water partition coefficient (Wildman–Crippen LogP) is 5.92. The topological polar surface area (TPSA) is 54.9 Å². The van der Waals surface area contributed by atoms with Gasteiger partial charge in [-0.1, -0.05) is 47.5 Å². The van der Waals surface area contributed by atoms with Crippen LogP contribution < -0.4 is 5.32 Å². The van der Waals surface area contributed by atoms with Crippen LogP contribution in [0.15, 0.2) is 60.7 Å². The molecule has 1 N–H and O–H groups in total. The Morgan fingerprint density at radius 2 is 1.81 bits per heavy atom. The highest BCUT2D eigenvalue weighted by molar-refractivity contribution is 7.21. The van der Waals surface area contributed by atoms with Crippen molar-refractivity contribution in [2.75, 3.05) is 5.32 Å².